The molecular weight excluding hydrogens is 282 g/mol. The zero-order valence-electron chi connectivity index (χ0n) is 11.4. The van der Waals surface area contributed by atoms with Crippen molar-refractivity contribution in [1.29, 1.82) is 0 Å². The monoisotopic (exact) mass is 301 g/mol. The molecule has 0 bridgehead atoms. The first kappa shape index (κ1) is 17.3. The van der Waals surface area contributed by atoms with Crippen molar-refractivity contribution in [3.8, 4) is 0 Å². The van der Waals surface area contributed by atoms with Crippen LogP contribution in [0.1, 0.15) is 13.8 Å². The maximum atomic E-state index is 5.59. The van der Waals surface area contributed by atoms with Gasteiger partial charge in [0.15, 0.2) is 10.2 Å². The largest absolute Gasteiger partial charge is 0.404 e. The third-order valence-corrected chi connectivity index (χ3v) is 2.71. The molecule has 0 aromatic rings. The van der Waals surface area contributed by atoms with Gasteiger partial charge in [0.2, 0.25) is 0 Å². The van der Waals surface area contributed by atoms with Gasteiger partial charge in [-0.1, -0.05) is 0 Å². The summed E-state index contributed by atoms with van der Waals surface area (Å²) in [6.07, 6.45) is 1.40. The molecule has 0 aliphatic rings. The molecule has 0 rings (SSSR count). The highest BCUT2D eigenvalue weighted by molar-refractivity contribution is 7.80. The normalized spacial score (nSPS) is 11.8. The molecule has 0 aliphatic carbocycles. The smallest absolute Gasteiger partial charge is 0.186 e. The molecule has 0 amide bonds. The van der Waals surface area contributed by atoms with Crippen LogP contribution in [0.3, 0.4) is 0 Å². The summed E-state index contributed by atoms with van der Waals surface area (Å²) in [6, 6.07) is 0. The minimum absolute atomic E-state index is 0.158. The van der Waals surface area contributed by atoms with Crippen molar-refractivity contribution < 1.29 is 0 Å². The van der Waals surface area contributed by atoms with E-state index in [4.69, 9.17) is 41.6 Å². The standard InChI is InChI=1S/C10H19N7S2/c1-6(14-16(3)9(12)18)8(5-11)7(2)15-17(4)10(13)19/h5H,11H2,1-4H3,(H2,12,18)(H2,13,19). The van der Waals surface area contributed by atoms with Crippen LogP contribution >= 0.6 is 24.4 Å². The summed E-state index contributed by atoms with van der Waals surface area (Å²) in [5.41, 5.74) is 18.4. The molecule has 0 fully saturated rings. The maximum Gasteiger partial charge on any atom is 0.186 e. The summed E-state index contributed by atoms with van der Waals surface area (Å²) in [5, 5.41) is 11.4. The van der Waals surface area contributed by atoms with E-state index in [1.54, 1.807) is 27.9 Å². The second-order valence-electron chi connectivity index (χ2n) is 3.67. The molecule has 0 spiro atoms. The van der Waals surface area contributed by atoms with Crippen LogP contribution in [0, 0.1) is 0 Å². The maximum absolute atomic E-state index is 5.59. The van der Waals surface area contributed by atoms with Gasteiger partial charge in [-0.2, -0.15) is 10.2 Å². The molecule has 0 radical (unpaired) electrons. The summed E-state index contributed by atoms with van der Waals surface area (Å²) in [7, 11) is 3.29. The minimum atomic E-state index is 0.158. The number of hydrazone groups is 2. The van der Waals surface area contributed by atoms with Gasteiger partial charge in [0.25, 0.3) is 0 Å². The predicted molar refractivity (Wildman–Crippen MR) is 87.6 cm³/mol. The highest BCUT2D eigenvalue weighted by Gasteiger charge is 2.09. The molecular formula is C10H19N7S2. The van der Waals surface area contributed by atoms with Gasteiger partial charge in [0, 0.05) is 25.9 Å². The van der Waals surface area contributed by atoms with E-state index in [0.29, 0.717) is 17.0 Å². The highest BCUT2D eigenvalue weighted by Crippen LogP contribution is 2.03. The van der Waals surface area contributed by atoms with E-state index in [1.165, 1.54) is 16.2 Å². The summed E-state index contributed by atoms with van der Waals surface area (Å²) >= 11 is 9.61. The fourth-order valence-electron chi connectivity index (χ4n) is 1.16. The molecule has 7 nitrogen and oxygen atoms in total. The number of rotatable bonds is 4. The fourth-order valence-corrected chi connectivity index (χ4v) is 1.24. The van der Waals surface area contributed by atoms with E-state index in [1.807, 2.05) is 0 Å². The first-order valence-electron chi connectivity index (χ1n) is 5.30. The molecule has 0 aromatic heterocycles. The van der Waals surface area contributed by atoms with Crippen molar-refractivity contribution in [2.24, 2.45) is 27.4 Å². The van der Waals surface area contributed by atoms with Crippen LogP contribution in [-0.4, -0.2) is 45.8 Å². The minimum Gasteiger partial charge on any atom is -0.404 e. The third kappa shape index (κ3) is 5.62. The van der Waals surface area contributed by atoms with Crippen LogP contribution in [0.25, 0.3) is 0 Å². The van der Waals surface area contributed by atoms with Gasteiger partial charge in [-0.15, -0.1) is 0 Å². The number of thiocarbonyl (C=S) groups is 2. The van der Waals surface area contributed by atoms with Crippen LogP contribution in [-0.2, 0) is 0 Å². The Kier molecular flexibility index (Phi) is 6.94. The Morgan fingerprint density at radius 3 is 1.47 bits per heavy atom. The third-order valence-electron chi connectivity index (χ3n) is 2.18. The molecule has 0 aromatic carbocycles. The number of hydrogen-bond acceptors (Lipinski definition) is 5. The van der Waals surface area contributed by atoms with Crippen LogP contribution < -0.4 is 17.2 Å². The Bertz CT molecular complexity index is 415. The molecule has 6 N–H and O–H groups in total. The van der Waals surface area contributed by atoms with Crippen LogP contribution in [0.4, 0.5) is 0 Å². The average Bonchev–Trinajstić information content (AvgIpc) is 2.29. The topological polar surface area (TPSA) is 109 Å². The number of nitrogens with zero attached hydrogens (tertiary/aromatic N) is 4. The Morgan fingerprint density at radius 2 is 1.26 bits per heavy atom. The van der Waals surface area contributed by atoms with E-state index in [2.05, 4.69) is 10.2 Å². The van der Waals surface area contributed by atoms with Gasteiger partial charge in [0.05, 0.1) is 11.4 Å². The Balaban J connectivity index is 5.24. The molecule has 9 heteroatoms. The average molecular weight is 301 g/mol. The van der Waals surface area contributed by atoms with Crippen molar-refractivity contribution in [3.05, 3.63) is 11.8 Å². The van der Waals surface area contributed by atoms with Gasteiger partial charge in [-0.25, -0.2) is 10.0 Å². The fraction of sp³-hybridized carbons (Fsp3) is 0.400. The molecule has 0 atom stereocenters. The number of allylic oxidation sites excluding steroid dienone is 1. The Hall–Kier alpha value is -1.74. The van der Waals surface area contributed by atoms with Gasteiger partial charge in [-0.05, 0) is 38.3 Å². The second-order valence-corrected chi connectivity index (χ2v) is 4.51. The van der Waals surface area contributed by atoms with E-state index >= 15 is 0 Å². The SMILES string of the molecule is CC(=NN(C)C(N)=S)C(=CN)C(C)=NN(C)C(N)=S. The highest BCUT2D eigenvalue weighted by atomic mass is 32.1. The van der Waals surface area contributed by atoms with Crippen molar-refractivity contribution in [2.45, 2.75) is 13.8 Å². The van der Waals surface area contributed by atoms with Crippen LogP contribution in [0.15, 0.2) is 22.0 Å². The molecule has 0 saturated carbocycles. The van der Waals surface area contributed by atoms with Crippen molar-refractivity contribution in [1.82, 2.24) is 10.0 Å². The quantitative estimate of drug-likeness (QED) is 0.379. The molecule has 106 valence electrons. The first-order chi connectivity index (χ1) is 8.70. The number of hydrogen-bond donors (Lipinski definition) is 3. The molecule has 19 heavy (non-hydrogen) atoms. The van der Waals surface area contributed by atoms with Crippen molar-refractivity contribution in [2.75, 3.05) is 14.1 Å². The van der Waals surface area contributed by atoms with Gasteiger partial charge in [-0.3, -0.25) is 0 Å². The zero-order chi connectivity index (χ0) is 15.2. The summed E-state index contributed by atoms with van der Waals surface area (Å²) in [6.45, 7) is 3.54. The molecule has 0 aliphatic heterocycles. The first-order valence-corrected chi connectivity index (χ1v) is 6.11. The van der Waals surface area contributed by atoms with E-state index < -0.39 is 0 Å². The zero-order valence-corrected chi connectivity index (χ0v) is 13.0. The van der Waals surface area contributed by atoms with Gasteiger partial charge < -0.3 is 17.2 Å². The van der Waals surface area contributed by atoms with Crippen molar-refractivity contribution >= 4 is 46.1 Å². The van der Waals surface area contributed by atoms with Gasteiger partial charge in [0.1, 0.15) is 0 Å². The lowest BCUT2D eigenvalue weighted by Gasteiger charge is -2.15. The second kappa shape index (κ2) is 7.64. The van der Waals surface area contributed by atoms with Crippen LogP contribution in [0.2, 0.25) is 0 Å². The number of nitrogens with two attached hydrogens (primary N) is 3. The van der Waals surface area contributed by atoms with Crippen LogP contribution in [0.5, 0.6) is 0 Å². The van der Waals surface area contributed by atoms with E-state index in [-0.39, 0.29) is 10.2 Å². The lowest BCUT2D eigenvalue weighted by Crippen LogP contribution is -2.30. The van der Waals surface area contributed by atoms with E-state index in [0.717, 1.165) is 0 Å². The molecule has 0 unspecified atom stereocenters. The predicted octanol–water partition coefficient (Wildman–Crippen LogP) is -0.0684. The lowest BCUT2D eigenvalue weighted by atomic mass is 10.1. The molecule has 0 saturated heterocycles. The summed E-state index contributed by atoms with van der Waals surface area (Å²) < 4.78 is 0. The lowest BCUT2D eigenvalue weighted by molar-refractivity contribution is 0.546. The van der Waals surface area contributed by atoms with E-state index in [9.17, 15) is 0 Å². The van der Waals surface area contributed by atoms with Gasteiger partial charge >= 0.3 is 0 Å². The Morgan fingerprint density at radius 1 is 0.947 bits per heavy atom. The molecule has 0 heterocycles. The summed E-state index contributed by atoms with van der Waals surface area (Å²) in [4.78, 5) is 0. The summed E-state index contributed by atoms with van der Waals surface area (Å²) in [5.74, 6) is 0. The Labute approximate surface area is 123 Å². The van der Waals surface area contributed by atoms with Crippen molar-refractivity contribution in [3.63, 3.8) is 0 Å².